The molecule has 0 saturated heterocycles. The molecule has 3 N–H and O–H groups in total. The minimum Gasteiger partial charge on any atom is -0.311 e. The van der Waals surface area contributed by atoms with Gasteiger partial charge in [-0.1, -0.05) is 0 Å². The summed E-state index contributed by atoms with van der Waals surface area (Å²) in [5, 5.41) is 2.35. The Morgan fingerprint density at radius 3 is 1.89 bits per heavy atom. The molecule has 18 heavy (non-hydrogen) atoms. The van der Waals surface area contributed by atoms with Crippen LogP contribution in [-0.4, -0.2) is 53.9 Å². The number of nitrogens with one attached hydrogen (secondary N) is 1. The van der Waals surface area contributed by atoms with Crippen molar-refractivity contribution in [2.45, 2.75) is 41.6 Å². The first-order chi connectivity index (χ1) is 8.36. The van der Waals surface area contributed by atoms with Gasteiger partial charge in [-0.15, -0.1) is 24.4 Å². The predicted octanol–water partition coefficient (Wildman–Crippen LogP) is 1.55. The van der Waals surface area contributed by atoms with Crippen molar-refractivity contribution in [2.75, 3.05) is 12.3 Å². The Morgan fingerprint density at radius 2 is 1.44 bits per heavy atom. The van der Waals surface area contributed by atoms with E-state index in [4.69, 9.17) is 5.73 Å². The lowest BCUT2D eigenvalue weighted by atomic mass is 9.87. The molecule has 1 aliphatic rings. The third kappa shape index (κ3) is 3.88. The third-order valence-corrected chi connectivity index (χ3v) is 3.90. The monoisotopic (exact) mass is 310 g/mol. The SMILES string of the molecule is NC(S)SCCNC1C(F)C(F)C(F)C(F)C1F. The second kappa shape index (κ2) is 7.16. The maximum Gasteiger partial charge on any atom is 0.168 e. The number of halogens is 5. The number of rotatable bonds is 5. The standard InChI is InChI=1S/C9H15F5N2S2/c10-3-4(11)6(13)8(7(14)5(3)12)16-1-2-18-9(15)17/h3-9,16-17H,1-2,15H2. The average Bonchev–Trinajstić information content (AvgIpc) is 2.32. The zero-order valence-corrected chi connectivity index (χ0v) is 11.0. The summed E-state index contributed by atoms with van der Waals surface area (Å²) in [6, 6.07) is -1.68. The molecule has 1 aliphatic carbocycles. The summed E-state index contributed by atoms with van der Waals surface area (Å²) in [6.07, 6.45) is -12.9. The molecular formula is C9H15F5N2S2. The van der Waals surface area contributed by atoms with Gasteiger partial charge in [0.05, 0.1) is 10.7 Å². The number of hydrogen-bond acceptors (Lipinski definition) is 4. The van der Waals surface area contributed by atoms with Crippen LogP contribution in [-0.2, 0) is 0 Å². The van der Waals surface area contributed by atoms with E-state index in [-0.39, 0.29) is 6.54 Å². The summed E-state index contributed by atoms with van der Waals surface area (Å²) in [6.45, 7) is 0.0980. The van der Waals surface area contributed by atoms with Crippen LogP contribution in [0.4, 0.5) is 22.0 Å². The second-order valence-electron chi connectivity index (χ2n) is 3.96. The maximum atomic E-state index is 13.4. The van der Waals surface area contributed by atoms with Crippen molar-refractivity contribution in [3.63, 3.8) is 0 Å². The molecule has 0 bridgehead atoms. The van der Waals surface area contributed by atoms with Crippen molar-refractivity contribution in [3.8, 4) is 0 Å². The van der Waals surface area contributed by atoms with Gasteiger partial charge in [-0.3, -0.25) is 0 Å². The van der Waals surface area contributed by atoms with E-state index < -0.39 is 41.6 Å². The minimum atomic E-state index is -2.76. The van der Waals surface area contributed by atoms with Crippen molar-refractivity contribution < 1.29 is 22.0 Å². The molecule has 5 atom stereocenters. The van der Waals surface area contributed by atoms with Crippen LogP contribution in [0.1, 0.15) is 0 Å². The van der Waals surface area contributed by atoms with Crippen LogP contribution in [0.3, 0.4) is 0 Å². The maximum absolute atomic E-state index is 13.4. The minimum absolute atomic E-state index is 0.0980. The van der Waals surface area contributed by atoms with Crippen molar-refractivity contribution in [1.82, 2.24) is 5.32 Å². The molecule has 2 nitrogen and oxygen atoms in total. The average molecular weight is 310 g/mol. The van der Waals surface area contributed by atoms with Crippen LogP contribution in [0.2, 0.25) is 0 Å². The Morgan fingerprint density at radius 1 is 1.00 bits per heavy atom. The summed E-state index contributed by atoms with van der Waals surface area (Å²) < 4.78 is 65.2. The molecule has 5 unspecified atom stereocenters. The van der Waals surface area contributed by atoms with Crippen LogP contribution in [0.25, 0.3) is 0 Å². The predicted molar refractivity (Wildman–Crippen MR) is 65.7 cm³/mol. The van der Waals surface area contributed by atoms with Gasteiger partial charge in [0.2, 0.25) is 0 Å². The van der Waals surface area contributed by atoms with Gasteiger partial charge in [0.1, 0.15) is 0 Å². The zero-order valence-electron chi connectivity index (χ0n) is 9.28. The molecule has 0 radical (unpaired) electrons. The zero-order chi connectivity index (χ0) is 13.9. The highest BCUT2D eigenvalue weighted by molar-refractivity contribution is 8.10. The summed E-state index contributed by atoms with van der Waals surface area (Å²) in [5.41, 5.74) is 5.31. The van der Waals surface area contributed by atoms with Crippen molar-refractivity contribution in [1.29, 1.82) is 0 Å². The van der Waals surface area contributed by atoms with Gasteiger partial charge < -0.3 is 11.1 Å². The van der Waals surface area contributed by atoms with E-state index in [1.807, 2.05) is 0 Å². The van der Waals surface area contributed by atoms with Crippen LogP contribution < -0.4 is 11.1 Å². The molecule has 1 saturated carbocycles. The summed E-state index contributed by atoms with van der Waals surface area (Å²) >= 11 is 5.07. The quantitative estimate of drug-likeness (QED) is 0.312. The summed E-state index contributed by atoms with van der Waals surface area (Å²) in [7, 11) is 0. The fourth-order valence-corrected chi connectivity index (χ4v) is 2.52. The first kappa shape index (κ1) is 16.3. The molecule has 0 spiro atoms. The highest BCUT2D eigenvalue weighted by atomic mass is 32.2. The number of thiol groups is 1. The van der Waals surface area contributed by atoms with Crippen molar-refractivity contribution >= 4 is 24.4 Å². The summed E-state index contributed by atoms with van der Waals surface area (Å²) in [4.78, 5) is 0. The van der Waals surface area contributed by atoms with Crippen LogP contribution in [0.15, 0.2) is 0 Å². The summed E-state index contributed by atoms with van der Waals surface area (Å²) in [5.74, 6) is 0.369. The number of nitrogens with two attached hydrogens (primary N) is 1. The molecular weight excluding hydrogens is 295 g/mol. The van der Waals surface area contributed by atoms with Crippen LogP contribution >= 0.6 is 24.4 Å². The Bertz CT molecular complexity index is 245. The fraction of sp³-hybridized carbons (Fsp3) is 1.00. The van der Waals surface area contributed by atoms with Gasteiger partial charge in [0, 0.05) is 12.3 Å². The first-order valence-corrected chi connectivity index (χ1v) is 6.91. The Kier molecular flexibility index (Phi) is 6.49. The largest absolute Gasteiger partial charge is 0.311 e. The third-order valence-electron chi connectivity index (χ3n) is 2.67. The van der Waals surface area contributed by atoms with E-state index >= 15 is 0 Å². The molecule has 0 aromatic carbocycles. The highest BCUT2D eigenvalue weighted by Crippen LogP contribution is 2.31. The Labute approximate surface area is 112 Å². The van der Waals surface area contributed by atoms with Gasteiger partial charge >= 0.3 is 0 Å². The van der Waals surface area contributed by atoms with Gasteiger partial charge in [0.25, 0.3) is 0 Å². The van der Waals surface area contributed by atoms with Crippen molar-refractivity contribution in [2.24, 2.45) is 5.73 Å². The molecule has 0 aromatic heterocycles. The van der Waals surface area contributed by atoms with Crippen LogP contribution in [0, 0.1) is 0 Å². The van der Waals surface area contributed by atoms with Gasteiger partial charge in [-0.05, 0) is 0 Å². The molecule has 1 fully saturated rings. The first-order valence-electron chi connectivity index (χ1n) is 5.35. The van der Waals surface area contributed by atoms with E-state index in [2.05, 4.69) is 17.9 Å². The van der Waals surface area contributed by atoms with Gasteiger partial charge in [0.15, 0.2) is 30.9 Å². The lowest BCUT2D eigenvalue weighted by Gasteiger charge is -2.36. The van der Waals surface area contributed by atoms with Gasteiger partial charge in [-0.2, -0.15) is 0 Å². The number of hydrogen-bond donors (Lipinski definition) is 3. The number of alkyl halides is 5. The van der Waals surface area contributed by atoms with E-state index in [9.17, 15) is 22.0 Å². The van der Waals surface area contributed by atoms with Crippen LogP contribution in [0.5, 0.6) is 0 Å². The molecule has 9 heteroatoms. The Balaban J connectivity index is 2.47. The molecule has 0 heterocycles. The molecule has 0 aliphatic heterocycles. The van der Waals surface area contributed by atoms with Gasteiger partial charge in [-0.25, -0.2) is 22.0 Å². The normalized spacial score (nSPS) is 42.8. The number of thioether (sulfide) groups is 1. The fourth-order valence-electron chi connectivity index (χ4n) is 1.73. The lowest BCUT2D eigenvalue weighted by molar-refractivity contribution is -0.0712. The highest BCUT2D eigenvalue weighted by Gasteiger charge is 2.53. The topological polar surface area (TPSA) is 38.0 Å². The van der Waals surface area contributed by atoms with Crippen molar-refractivity contribution in [3.05, 3.63) is 0 Å². The molecule has 0 amide bonds. The molecule has 108 valence electrons. The van der Waals surface area contributed by atoms with E-state index in [0.717, 1.165) is 0 Å². The smallest absolute Gasteiger partial charge is 0.168 e. The second-order valence-corrected chi connectivity index (χ2v) is 6.12. The lowest BCUT2D eigenvalue weighted by Crippen LogP contribution is -2.61. The Hall–Kier alpha value is 0.270. The van der Waals surface area contributed by atoms with E-state index in [0.29, 0.717) is 5.75 Å². The van der Waals surface area contributed by atoms with E-state index in [1.54, 1.807) is 0 Å². The molecule has 0 aromatic rings. The van der Waals surface area contributed by atoms with E-state index in [1.165, 1.54) is 11.8 Å². The molecule has 1 rings (SSSR count).